The number of carbonyl (C=O) groups is 2. The first-order valence-electron chi connectivity index (χ1n) is 8.31. The molecule has 6 nitrogen and oxygen atoms in total. The van der Waals surface area contributed by atoms with E-state index >= 15 is 0 Å². The number of ether oxygens (including phenoxy) is 2. The number of amides is 2. The number of allylic oxidation sites excluding steroid dienone is 1. The normalized spacial score (nSPS) is 16.9. The van der Waals surface area contributed by atoms with Crippen LogP contribution in [0.2, 0.25) is 0 Å². The Labute approximate surface area is 156 Å². The molecule has 7 heteroatoms. The van der Waals surface area contributed by atoms with E-state index in [2.05, 4.69) is 26.6 Å². The maximum Gasteiger partial charge on any atom is 0.338 e. The Balaban J connectivity index is 2.34. The van der Waals surface area contributed by atoms with Crippen molar-refractivity contribution in [2.75, 3.05) is 18.5 Å². The Bertz CT molecular complexity index is 660. The van der Waals surface area contributed by atoms with Gasteiger partial charge >= 0.3 is 12.0 Å². The largest absolute Gasteiger partial charge is 0.493 e. The van der Waals surface area contributed by atoms with E-state index in [4.69, 9.17) is 9.47 Å². The molecular formula is C18H23BrN2O4. The molecule has 0 aliphatic carbocycles. The first kappa shape index (κ1) is 19.3. The second kappa shape index (κ2) is 9.46. The van der Waals surface area contributed by atoms with Gasteiger partial charge in [0, 0.05) is 16.6 Å². The van der Waals surface area contributed by atoms with Crippen molar-refractivity contribution >= 4 is 27.9 Å². The van der Waals surface area contributed by atoms with Gasteiger partial charge in [-0.05, 0) is 25.8 Å². The van der Waals surface area contributed by atoms with Gasteiger partial charge in [0.2, 0.25) is 0 Å². The molecule has 0 bridgehead atoms. The fourth-order valence-corrected chi connectivity index (χ4v) is 2.79. The summed E-state index contributed by atoms with van der Waals surface area (Å²) in [5.41, 5.74) is 1.61. The zero-order chi connectivity index (χ0) is 18.2. The molecule has 1 aromatic rings. The van der Waals surface area contributed by atoms with Crippen molar-refractivity contribution in [1.82, 2.24) is 10.6 Å². The Morgan fingerprint density at radius 1 is 1.28 bits per heavy atom. The summed E-state index contributed by atoms with van der Waals surface area (Å²) in [5, 5.41) is 6.20. The van der Waals surface area contributed by atoms with Crippen LogP contribution in [0.3, 0.4) is 0 Å². The molecule has 1 aliphatic heterocycles. The van der Waals surface area contributed by atoms with Gasteiger partial charge in [0.15, 0.2) is 0 Å². The number of para-hydroxylation sites is 1. The number of carbonyl (C=O) groups excluding carboxylic acids is 2. The van der Waals surface area contributed by atoms with E-state index in [-0.39, 0.29) is 6.03 Å². The van der Waals surface area contributed by atoms with Gasteiger partial charge in [-0.3, -0.25) is 0 Å². The third-order valence-corrected chi connectivity index (χ3v) is 4.25. The van der Waals surface area contributed by atoms with Crippen LogP contribution < -0.4 is 15.4 Å². The molecule has 0 saturated carbocycles. The molecule has 0 unspecified atom stereocenters. The summed E-state index contributed by atoms with van der Waals surface area (Å²) in [4.78, 5) is 24.5. The minimum Gasteiger partial charge on any atom is -0.493 e. The molecule has 0 saturated heterocycles. The number of rotatable bonds is 8. The lowest BCUT2D eigenvalue weighted by Crippen LogP contribution is -2.45. The topological polar surface area (TPSA) is 76.7 Å². The highest BCUT2D eigenvalue weighted by atomic mass is 79.9. The number of benzene rings is 1. The molecule has 25 heavy (non-hydrogen) atoms. The minimum atomic E-state index is -0.613. The molecule has 2 rings (SSSR count). The molecule has 1 aromatic carbocycles. The maximum atomic E-state index is 12.6. The monoisotopic (exact) mass is 410 g/mol. The highest BCUT2D eigenvalue weighted by Gasteiger charge is 2.33. The Hall–Kier alpha value is -2.02. The number of esters is 1. The Kier molecular flexibility index (Phi) is 7.31. The van der Waals surface area contributed by atoms with Crippen LogP contribution in [-0.2, 0) is 9.53 Å². The second-order valence-electron chi connectivity index (χ2n) is 5.63. The second-order valence-corrected chi connectivity index (χ2v) is 6.43. The number of alkyl halides is 1. The van der Waals surface area contributed by atoms with Gasteiger partial charge in [-0.15, -0.1) is 0 Å². The van der Waals surface area contributed by atoms with Gasteiger partial charge in [0.1, 0.15) is 5.75 Å². The van der Waals surface area contributed by atoms with Crippen LogP contribution in [0.1, 0.15) is 38.3 Å². The lowest BCUT2D eigenvalue weighted by Gasteiger charge is -2.29. The van der Waals surface area contributed by atoms with Gasteiger partial charge in [0.25, 0.3) is 0 Å². The summed E-state index contributed by atoms with van der Waals surface area (Å²) in [7, 11) is 0. The van der Waals surface area contributed by atoms with E-state index in [1.165, 1.54) is 0 Å². The average molecular weight is 411 g/mol. The third kappa shape index (κ3) is 4.98. The molecule has 136 valence electrons. The summed E-state index contributed by atoms with van der Waals surface area (Å²) in [5.74, 6) is 0.205. The predicted octanol–water partition coefficient (Wildman–Crippen LogP) is 3.43. The van der Waals surface area contributed by atoms with Crippen molar-refractivity contribution in [3.8, 4) is 5.75 Å². The summed E-state index contributed by atoms with van der Waals surface area (Å²) in [6.07, 6.45) is 1.59. The molecule has 1 atom stereocenters. The maximum absolute atomic E-state index is 12.6. The van der Waals surface area contributed by atoms with E-state index < -0.39 is 12.0 Å². The van der Waals surface area contributed by atoms with Crippen molar-refractivity contribution in [3.63, 3.8) is 0 Å². The Morgan fingerprint density at radius 3 is 2.76 bits per heavy atom. The summed E-state index contributed by atoms with van der Waals surface area (Å²) in [6.45, 7) is 4.59. The van der Waals surface area contributed by atoms with Gasteiger partial charge in [-0.25, -0.2) is 9.59 Å². The molecule has 2 amide bonds. The zero-order valence-electron chi connectivity index (χ0n) is 14.4. The smallest absolute Gasteiger partial charge is 0.338 e. The standard InChI is InChI=1S/C18H23BrN2O4/c1-3-10-24-14-8-5-4-7-13(14)16-15(12(2)20-18(23)21-16)17(22)25-11-6-9-19/h4-5,7-8,16H,3,6,9-11H2,1-2H3,(H2,20,21,23)/t16-/m0/s1. The van der Waals surface area contributed by atoms with Crippen LogP contribution in [-0.4, -0.2) is 30.5 Å². The first-order chi connectivity index (χ1) is 12.1. The minimum absolute atomic E-state index is 0.315. The number of halogens is 1. The van der Waals surface area contributed by atoms with Crippen molar-refractivity contribution in [1.29, 1.82) is 0 Å². The van der Waals surface area contributed by atoms with Crippen molar-refractivity contribution in [2.45, 2.75) is 32.7 Å². The molecule has 0 aromatic heterocycles. The van der Waals surface area contributed by atoms with Crippen LogP contribution in [0.25, 0.3) is 0 Å². The van der Waals surface area contributed by atoms with Gasteiger partial charge in [0.05, 0.1) is 24.8 Å². The number of nitrogens with one attached hydrogen (secondary N) is 2. The van der Waals surface area contributed by atoms with E-state index in [1.54, 1.807) is 6.92 Å². The van der Waals surface area contributed by atoms with Gasteiger partial charge in [-0.2, -0.15) is 0 Å². The van der Waals surface area contributed by atoms with E-state index in [0.29, 0.717) is 30.2 Å². The lowest BCUT2D eigenvalue weighted by molar-refractivity contribution is -0.139. The third-order valence-electron chi connectivity index (χ3n) is 3.69. The first-order valence-corrected chi connectivity index (χ1v) is 9.43. The van der Waals surface area contributed by atoms with Crippen LogP contribution in [0.5, 0.6) is 5.75 Å². The summed E-state index contributed by atoms with van der Waals surface area (Å²) < 4.78 is 11.1. The van der Waals surface area contributed by atoms with Crippen LogP contribution in [0.4, 0.5) is 4.79 Å². The fourth-order valence-electron chi connectivity index (χ4n) is 2.56. The quantitative estimate of drug-likeness (QED) is 0.391. The van der Waals surface area contributed by atoms with E-state index in [9.17, 15) is 9.59 Å². The Morgan fingerprint density at radius 2 is 2.04 bits per heavy atom. The number of urea groups is 1. The predicted molar refractivity (Wildman–Crippen MR) is 98.7 cm³/mol. The number of hydrogen-bond donors (Lipinski definition) is 2. The van der Waals surface area contributed by atoms with E-state index in [0.717, 1.165) is 23.7 Å². The fraction of sp³-hybridized carbons (Fsp3) is 0.444. The molecule has 0 spiro atoms. The highest BCUT2D eigenvalue weighted by Crippen LogP contribution is 2.33. The van der Waals surface area contributed by atoms with Crippen LogP contribution >= 0.6 is 15.9 Å². The molecule has 0 fully saturated rings. The van der Waals surface area contributed by atoms with E-state index in [1.807, 2.05) is 31.2 Å². The van der Waals surface area contributed by atoms with Crippen molar-refractivity contribution < 1.29 is 19.1 Å². The summed E-state index contributed by atoms with van der Waals surface area (Å²) in [6, 6.07) is 6.43. The molecule has 2 N–H and O–H groups in total. The van der Waals surface area contributed by atoms with Crippen LogP contribution in [0, 0.1) is 0 Å². The summed E-state index contributed by atoms with van der Waals surface area (Å²) >= 11 is 3.31. The zero-order valence-corrected chi connectivity index (χ0v) is 16.0. The van der Waals surface area contributed by atoms with Gasteiger partial charge in [-0.1, -0.05) is 41.1 Å². The molecule has 0 radical (unpaired) electrons. The van der Waals surface area contributed by atoms with Gasteiger partial charge < -0.3 is 20.1 Å². The number of hydrogen-bond acceptors (Lipinski definition) is 4. The van der Waals surface area contributed by atoms with Crippen molar-refractivity contribution in [3.05, 3.63) is 41.1 Å². The highest BCUT2D eigenvalue weighted by molar-refractivity contribution is 9.09. The molecular weight excluding hydrogens is 388 g/mol. The molecule has 1 heterocycles. The van der Waals surface area contributed by atoms with Crippen molar-refractivity contribution in [2.24, 2.45) is 0 Å². The SMILES string of the molecule is CCCOc1ccccc1[C@@H]1NC(=O)NC(C)=C1C(=O)OCCCBr. The van der Waals surface area contributed by atoms with Crippen LogP contribution in [0.15, 0.2) is 35.5 Å². The average Bonchev–Trinajstić information content (AvgIpc) is 2.59. The molecule has 1 aliphatic rings. The lowest BCUT2D eigenvalue weighted by atomic mass is 9.95.